The second-order valence-corrected chi connectivity index (χ2v) is 5.05. The molecule has 0 atom stereocenters. The molecular formula is C16H16N4O4. The normalized spacial score (nSPS) is 10.6. The van der Waals surface area contributed by atoms with Crippen LogP contribution < -0.4 is 15.0 Å². The van der Waals surface area contributed by atoms with Crippen molar-refractivity contribution in [3.63, 3.8) is 0 Å². The molecule has 0 spiro atoms. The molecule has 8 nitrogen and oxygen atoms in total. The van der Waals surface area contributed by atoms with Crippen LogP contribution in [0.2, 0.25) is 0 Å². The molecule has 3 aromatic rings. The van der Waals surface area contributed by atoms with Crippen LogP contribution in [0.4, 0.5) is 0 Å². The quantitative estimate of drug-likeness (QED) is 0.703. The lowest BCUT2D eigenvalue weighted by Gasteiger charge is -2.09. The molecule has 0 fully saturated rings. The van der Waals surface area contributed by atoms with Crippen molar-refractivity contribution in [2.75, 3.05) is 14.2 Å². The van der Waals surface area contributed by atoms with Crippen molar-refractivity contribution in [3.05, 3.63) is 52.5 Å². The zero-order chi connectivity index (χ0) is 17.1. The van der Waals surface area contributed by atoms with Crippen LogP contribution in [0.3, 0.4) is 0 Å². The number of benzene rings is 1. The molecule has 0 aliphatic rings. The highest BCUT2D eigenvalue weighted by atomic mass is 16.5. The zero-order valence-electron chi connectivity index (χ0n) is 13.5. The SMILES string of the molecule is COc1cccc(-c2noc(Cn3cnc(C)cc3=O)n2)c1OC. The van der Waals surface area contributed by atoms with Gasteiger partial charge in [0.25, 0.3) is 5.56 Å². The van der Waals surface area contributed by atoms with E-state index >= 15 is 0 Å². The predicted octanol–water partition coefficient (Wildman–Crippen LogP) is 1.67. The molecule has 24 heavy (non-hydrogen) atoms. The van der Waals surface area contributed by atoms with Gasteiger partial charge in [0, 0.05) is 11.8 Å². The van der Waals surface area contributed by atoms with Crippen LogP contribution in [0, 0.1) is 6.92 Å². The Hall–Kier alpha value is -3.16. The molecule has 2 heterocycles. The van der Waals surface area contributed by atoms with Gasteiger partial charge in [-0.3, -0.25) is 9.36 Å². The molecule has 0 aliphatic heterocycles. The maximum absolute atomic E-state index is 11.9. The molecule has 8 heteroatoms. The minimum absolute atomic E-state index is 0.144. The molecule has 0 aliphatic carbocycles. The van der Waals surface area contributed by atoms with E-state index in [1.807, 2.05) is 0 Å². The fourth-order valence-electron chi connectivity index (χ4n) is 2.27. The van der Waals surface area contributed by atoms with Crippen molar-refractivity contribution in [1.29, 1.82) is 0 Å². The molecule has 0 bridgehead atoms. The van der Waals surface area contributed by atoms with Crippen molar-refractivity contribution < 1.29 is 14.0 Å². The summed E-state index contributed by atoms with van der Waals surface area (Å²) in [5, 5.41) is 3.96. The summed E-state index contributed by atoms with van der Waals surface area (Å²) in [6.07, 6.45) is 1.45. The third-order valence-electron chi connectivity index (χ3n) is 3.43. The molecule has 0 unspecified atom stereocenters. The van der Waals surface area contributed by atoms with E-state index in [0.29, 0.717) is 34.5 Å². The standard InChI is InChI=1S/C16H16N4O4/c1-10-7-14(21)20(9-17-10)8-13-18-16(19-24-13)11-5-4-6-12(22-2)15(11)23-3/h4-7,9H,8H2,1-3H3. The Balaban J connectivity index is 1.93. The molecule has 1 aromatic carbocycles. The fraction of sp³-hybridized carbons (Fsp3) is 0.250. The third kappa shape index (κ3) is 2.98. The smallest absolute Gasteiger partial charge is 0.253 e. The summed E-state index contributed by atoms with van der Waals surface area (Å²) in [7, 11) is 3.10. The maximum Gasteiger partial charge on any atom is 0.253 e. The number of rotatable bonds is 5. The van der Waals surface area contributed by atoms with E-state index in [2.05, 4.69) is 15.1 Å². The Kier molecular flexibility index (Phi) is 4.28. The maximum atomic E-state index is 11.9. The minimum atomic E-state index is -0.179. The first-order valence-corrected chi connectivity index (χ1v) is 7.19. The van der Waals surface area contributed by atoms with Gasteiger partial charge in [0.05, 0.1) is 26.1 Å². The van der Waals surface area contributed by atoms with Gasteiger partial charge in [-0.2, -0.15) is 4.98 Å². The topological polar surface area (TPSA) is 92.3 Å². The van der Waals surface area contributed by atoms with Gasteiger partial charge in [-0.1, -0.05) is 11.2 Å². The van der Waals surface area contributed by atoms with Crippen LogP contribution in [-0.4, -0.2) is 33.9 Å². The van der Waals surface area contributed by atoms with Gasteiger partial charge in [-0.05, 0) is 19.1 Å². The molecular weight excluding hydrogens is 312 g/mol. The van der Waals surface area contributed by atoms with E-state index in [4.69, 9.17) is 14.0 Å². The summed E-state index contributed by atoms with van der Waals surface area (Å²) in [4.78, 5) is 20.3. The second kappa shape index (κ2) is 6.53. The van der Waals surface area contributed by atoms with E-state index in [0.717, 1.165) is 0 Å². The van der Waals surface area contributed by atoms with Crippen LogP contribution in [0.1, 0.15) is 11.6 Å². The largest absolute Gasteiger partial charge is 0.493 e. The van der Waals surface area contributed by atoms with Gasteiger partial charge in [-0.25, -0.2) is 4.98 Å². The summed E-state index contributed by atoms with van der Waals surface area (Å²) >= 11 is 0. The Morgan fingerprint density at radius 2 is 2.08 bits per heavy atom. The highest BCUT2D eigenvalue weighted by molar-refractivity contribution is 5.68. The molecule has 0 saturated carbocycles. The number of methoxy groups -OCH3 is 2. The van der Waals surface area contributed by atoms with Crippen molar-refractivity contribution >= 4 is 0 Å². The van der Waals surface area contributed by atoms with Crippen molar-refractivity contribution in [1.82, 2.24) is 19.7 Å². The molecule has 0 saturated heterocycles. The number of para-hydroxylation sites is 1. The lowest BCUT2D eigenvalue weighted by Crippen LogP contribution is -2.20. The Morgan fingerprint density at radius 1 is 1.25 bits per heavy atom. The fourth-order valence-corrected chi connectivity index (χ4v) is 2.27. The van der Waals surface area contributed by atoms with Crippen LogP contribution in [0.25, 0.3) is 11.4 Å². The highest BCUT2D eigenvalue weighted by Crippen LogP contribution is 2.36. The van der Waals surface area contributed by atoms with E-state index < -0.39 is 0 Å². The van der Waals surface area contributed by atoms with Gasteiger partial charge in [-0.15, -0.1) is 0 Å². The van der Waals surface area contributed by atoms with Gasteiger partial charge in [0.2, 0.25) is 11.7 Å². The molecule has 124 valence electrons. The average Bonchev–Trinajstić information content (AvgIpc) is 3.05. The van der Waals surface area contributed by atoms with Crippen LogP contribution in [-0.2, 0) is 6.54 Å². The lowest BCUT2D eigenvalue weighted by molar-refractivity contribution is 0.354. The average molecular weight is 328 g/mol. The molecule has 0 N–H and O–H groups in total. The summed E-state index contributed by atoms with van der Waals surface area (Å²) in [6.45, 7) is 1.90. The summed E-state index contributed by atoms with van der Waals surface area (Å²) in [5.41, 5.74) is 1.12. The Morgan fingerprint density at radius 3 is 2.79 bits per heavy atom. The number of hydrogen-bond acceptors (Lipinski definition) is 7. The van der Waals surface area contributed by atoms with Gasteiger partial charge >= 0.3 is 0 Å². The lowest BCUT2D eigenvalue weighted by atomic mass is 10.1. The number of aromatic nitrogens is 4. The van der Waals surface area contributed by atoms with Crippen molar-refractivity contribution in [2.45, 2.75) is 13.5 Å². The Bertz CT molecular complexity index is 916. The number of hydrogen-bond donors (Lipinski definition) is 0. The van der Waals surface area contributed by atoms with Gasteiger partial charge in [0.1, 0.15) is 6.54 Å². The van der Waals surface area contributed by atoms with Gasteiger partial charge < -0.3 is 14.0 Å². The van der Waals surface area contributed by atoms with E-state index in [1.54, 1.807) is 39.3 Å². The minimum Gasteiger partial charge on any atom is -0.493 e. The van der Waals surface area contributed by atoms with Crippen LogP contribution >= 0.6 is 0 Å². The first-order chi connectivity index (χ1) is 11.6. The van der Waals surface area contributed by atoms with E-state index in [1.165, 1.54) is 17.0 Å². The number of ether oxygens (including phenoxy) is 2. The van der Waals surface area contributed by atoms with Crippen LogP contribution in [0.5, 0.6) is 11.5 Å². The van der Waals surface area contributed by atoms with Crippen molar-refractivity contribution in [2.24, 2.45) is 0 Å². The Labute approximate surface area is 137 Å². The number of aryl methyl sites for hydroxylation is 1. The summed E-state index contributed by atoms with van der Waals surface area (Å²) < 4.78 is 17.3. The number of nitrogens with zero attached hydrogens (tertiary/aromatic N) is 4. The monoisotopic (exact) mass is 328 g/mol. The predicted molar refractivity (Wildman–Crippen MR) is 85.2 cm³/mol. The van der Waals surface area contributed by atoms with Crippen LogP contribution in [0.15, 0.2) is 39.9 Å². The zero-order valence-corrected chi connectivity index (χ0v) is 13.5. The second-order valence-electron chi connectivity index (χ2n) is 5.05. The van der Waals surface area contributed by atoms with E-state index in [9.17, 15) is 4.79 Å². The molecule has 2 aromatic heterocycles. The molecule has 0 radical (unpaired) electrons. The third-order valence-corrected chi connectivity index (χ3v) is 3.43. The molecule has 3 rings (SSSR count). The van der Waals surface area contributed by atoms with E-state index in [-0.39, 0.29) is 12.1 Å². The molecule has 0 amide bonds. The summed E-state index contributed by atoms with van der Waals surface area (Å²) in [5.74, 6) is 1.73. The highest BCUT2D eigenvalue weighted by Gasteiger charge is 2.17. The first-order valence-electron chi connectivity index (χ1n) is 7.19. The summed E-state index contributed by atoms with van der Waals surface area (Å²) in [6, 6.07) is 6.83. The van der Waals surface area contributed by atoms with Crippen molar-refractivity contribution in [3.8, 4) is 22.9 Å². The van der Waals surface area contributed by atoms with Gasteiger partial charge in [0.15, 0.2) is 11.5 Å². The first kappa shape index (κ1) is 15.7.